The van der Waals surface area contributed by atoms with Crippen molar-refractivity contribution in [2.24, 2.45) is 17.8 Å². The molecule has 20 heteroatoms. The van der Waals surface area contributed by atoms with Crippen molar-refractivity contribution in [1.29, 1.82) is 0 Å². The van der Waals surface area contributed by atoms with Crippen LogP contribution < -0.4 is 26.6 Å². The molecule has 1 amide bonds. The maximum atomic E-state index is 12.7. The van der Waals surface area contributed by atoms with Gasteiger partial charge in [0.05, 0.1) is 51.3 Å². The van der Waals surface area contributed by atoms with Crippen molar-refractivity contribution < 1.29 is 38.6 Å². The Hall–Kier alpha value is -1.10. The first kappa shape index (κ1) is 47.4. The number of nitrogens with one attached hydrogen (secondary N) is 1. The van der Waals surface area contributed by atoms with Gasteiger partial charge in [-0.05, 0) is 124 Å². The average molecular weight is 996 g/mol. The molecule has 3 fully saturated rings. The predicted octanol–water partition coefficient (Wildman–Crippen LogP) is 8.71. The molecule has 3 heterocycles. The molecule has 3 aromatic rings. The van der Waals surface area contributed by atoms with E-state index in [1.54, 1.807) is 12.1 Å². The Kier molecular flexibility index (Phi) is 16.2. The van der Waals surface area contributed by atoms with Crippen LogP contribution in [0.5, 0.6) is 0 Å². The van der Waals surface area contributed by atoms with Gasteiger partial charge in [-0.2, -0.15) is 0 Å². The summed E-state index contributed by atoms with van der Waals surface area (Å²) in [6.07, 6.45) is 7.08. The van der Waals surface area contributed by atoms with Gasteiger partial charge in [0.2, 0.25) is 0 Å². The molecule has 10 nitrogen and oxygen atoms in total. The Balaban J connectivity index is 0.000000146. The number of alkyl halides is 1. The van der Waals surface area contributed by atoms with Crippen LogP contribution in [0, 0.1) is 24.7 Å². The molecule has 0 saturated heterocycles. The van der Waals surface area contributed by atoms with Crippen molar-refractivity contribution in [2.45, 2.75) is 91.6 Å². The molecular weight excluding hydrogens is 949 g/mol. The Morgan fingerprint density at radius 1 is 0.746 bits per heavy atom. The molecule has 318 valence electrons. The first-order chi connectivity index (χ1) is 27.9. The zero-order valence-electron chi connectivity index (χ0n) is 33.2. The fourth-order valence-electron chi connectivity index (χ4n) is 6.44. The van der Waals surface area contributed by atoms with Gasteiger partial charge in [-0.15, -0.1) is 0 Å². The molecular formula is C39H46B3BrCl6N2O8. The third kappa shape index (κ3) is 12.1. The Morgan fingerprint density at radius 2 is 1.20 bits per heavy atom. The topological polar surface area (TPSA) is 130 Å². The zero-order valence-corrected chi connectivity index (χ0v) is 39.3. The summed E-state index contributed by atoms with van der Waals surface area (Å²) in [5, 5.41) is 36.4. The minimum Gasteiger partial charge on any atom is -0.443 e. The summed E-state index contributed by atoms with van der Waals surface area (Å²) in [6, 6.07) is 5.29. The van der Waals surface area contributed by atoms with Crippen LogP contribution in [0.25, 0.3) is 0 Å². The van der Waals surface area contributed by atoms with E-state index < -0.39 is 33.0 Å². The quantitative estimate of drug-likeness (QED) is 0.136. The van der Waals surface area contributed by atoms with E-state index in [9.17, 15) is 19.9 Å². The highest BCUT2D eigenvalue weighted by atomic mass is 79.9. The Labute approximate surface area is 385 Å². The molecule has 0 atom stereocenters. The smallest absolute Gasteiger partial charge is 0.443 e. The van der Waals surface area contributed by atoms with Crippen LogP contribution in [0.4, 0.5) is 16.2 Å². The lowest BCUT2D eigenvalue weighted by atomic mass is 9.78. The first-order valence-corrected chi connectivity index (χ1v) is 23.0. The number of hydrogen-bond donors (Lipinski definition) is 4. The number of ether oxygens (including phenoxy) is 1. The summed E-state index contributed by atoms with van der Waals surface area (Å²) >= 11 is 40.7. The lowest BCUT2D eigenvalue weighted by Crippen LogP contribution is -2.40. The third-order valence-corrected chi connectivity index (χ3v) is 13.5. The number of rotatable bonds is 7. The fraction of sp³-hybridized carbons (Fsp3) is 0.513. The summed E-state index contributed by atoms with van der Waals surface area (Å²) in [7, 11) is -2.94. The van der Waals surface area contributed by atoms with Gasteiger partial charge in [-0.25, -0.2) is 4.79 Å². The molecule has 3 aliphatic carbocycles. The third-order valence-electron chi connectivity index (χ3n) is 10.4. The van der Waals surface area contributed by atoms with Gasteiger partial charge in [0.1, 0.15) is 5.60 Å². The molecule has 3 saturated carbocycles. The summed E-state index contributed by atoms with van der Waals surface area (Å²) in [6.45, 7) is 9.59. The molecule has 0 aromatic heterocycles. The van der Waals surface area contributed by atoms with Gasteiger partial charge >= 0.3 is 27.4 Å². The second kappa shape index (κ2) is 20.2. The highest BCUT2D eigenvalue weighted by molar-refractivity contribution is 9.09. The molecule has 0 bridgehead atoms. The highest BCUT2D eigenvalue weighted by Gasteiger charge is 2.38. The van der Waals surface area contributed by atoms with Gasteiger partial charge in [-0.1, -0.05) is 85.5 Å². The molecule has 6 aliphatic rings. The van der Waals surface area contributed by atoms with Crippen molar-refractivity contribution in [3.63, 3.8) is 0 Å². The number of halogens is 7. The van der Waals surface area contributed by atoms with Crippen molar-refractivity contribution in [3.8, 4) is 0 Å². The number of nitrogens with zero attached hydrogens (tertiary/aromatic N) is 1. The van der Waals surface area contributed by atoms with E-state index in [1.807, 2.05) is 33.8 Å². The second-order valence-corrected chi connectivity index (χ2v) is 19.5. The van der Waals surface area contributed by atoms with E-state index in [0.29, 0.717) is 78.6 Å². The molecule has 59 heavy (non-hydrogen) atoms. The van der Waals surface area contributed by atoms with Crippen molar-refractivity contribution in [1.82, 2.24) is 0 Å². The minimum atomic E-state index is -1.11. The largest absolute Gasteiger partial charge is 0.493 e. The molecule has 0 unspecified atom stereocenters. The normalized spacial score (nSPS) is 17.5. The van der Waals surface area contributed by atoms with Crippen LogP contribution in [0.15, 0.2) is 18.2 Å². The van der Waals surface area contributed by atoms with Gasteiger partial charge in [-0.3, -0.25) is 4.90 Å². The highest BCUT2D eigenvalue weighted by Crippen LogP contribution is 2.40. The number of benzene rings is 3. The number of anilines is 2. The van der Waals surface area contributed by atoms with Gasteiger partial charge in [0.15, 0.2) is 0 Å². The lowest BCUT2D eigenvalue weighted by molar-refractivity contribution is 0.0578. The predicted molar refractivity (Wildman–Crippen MR) is 245 cm³/mol. The number of carbonyl (C=O) groups is 1. The second-order valence-electron chi connectivity index (χ2n) is 16.5. The van der Waals surface area contributed by atoms with Gasteiger partial charge < -0.3 is 39.1 Å². The van der Waals surface area contributed by atoms with E-state index in [4.69, 9.17) is 88.3 Å². The molecule has 4 N–H and O–H groups in total. The molecule has 3 aliphatic heterocycles. The fourth-order valence-corrected chi connectivity index (χ4v) is 9.20. The van der Waals surface area contributed by atoms with Gasteiger partial charge in [0, 0.05) is 44.9 Å². The van der Waals surface area contributed by atoms with Crippen LogP contribution >= 0.6 is 85.5 Å². The summed E-state index contributed by atoms with van der Waals surface area (Å²) < 4.78 is 20.9. The number of hydrogen-bond acceptors (Lipinski definition) is 9. The minimum absolute atomic E-state index is 0.241. The van der Waals surface area contributed by atoms with Crippen LogP contribution in [-0.4, -0.2) is 66.5 Å². The zero-order chi connectivity index (χ0) is 42.9. The summed E-state index contributed by atoms with van der Waals surface area (Å²) in [5.74, 6) is 2.20. The van der Waals surface area contributed by atoms with E-state index in [0.717, 1.165) is 53.5 Å². The van der Waals surface area contributed by atoms with E-state index in [1.165, 1.54) is 35.9 Å². The van der Waals surface area contributed by atoms with E-state index in [2.05, 4.69) is 21.2 Å². The van der Waals surface area contributed by atoms with E-state index >= 15 is 0 Å². The summed E-state index contributed by atoms with van der Waals surface area (Å²) in [4.78, 5) is 14.2. The molecule has 0 spiro atoms. The lowest BCUT2D eigenvalue weighted by Gasteiger charge is -2.29. The SMILES string of the molecule is BrCC1CC1.CC(C)(C)OC(=O)N(CC1CC1)c1c(Cl)cc2c(c1Cl)B(O)OC2.Cc1c(Cl)cc2c(c1Cl)B(O)OC2.OB1OCc2cc(Cl)c(NCC3CC3)c(Cl)c21. The Morgan fingerprint density at radius 3 is 1.66 bits per heavy atom. The average Bonchev–Trinajstić information content (AvgIpc) is 4.10. The van der Waals surface area contributed by atoms with Crippen LogP contribution in [0.2, 0.25) is 30.1 Å². The van der Waals surface area contributed by atoms with Crippen LogP contribution in [0.1, 0.15) is 81.5 Å². The van der Waals surface area contributed by atoms with Crippen LogP contribution in [-0.2, 0) is 38.5 Å². The number of fused-ring (bicyclic) bond motifs is 3. The monoisotopic (exact) mass is 992 g/mol. The first-order valence-electron chi connectivity index (χ1n) is 19.6. The number of amides is 1. The van der Waals surface area contributed by atoms with Gasteiger partial charge in [0.25, 0.3) is 0 Å². The van der Waals surface area contributed by atoms with Crippen molar-refractivity contribution >= 4 is 141 Å². The van der Waals surface area contributed by atoms with Crippen molar-refractivity contribution in [2.75, 3.05) is 28.6 Å². The number of carbonyl (C=O) groups excluding carboxylic acids is 1. The van der Waals surface area contributed by atoms with Crippen LogP contribution in [0.3, 0.4) is 0 Å². The maximum absolute atomic E-state index is 12.7. The standard InChI is InChI=1S/C16H20BCl2NO4.C11H12BCl2NO2.C8H7BCl2O2.C4H7Br/c1-16(2,3)24-15(21)20(7-9-4-5-9)14-11(18)6-10-8-23-17(22)12(10)13(14)19;13-8-3-7-5-17-12(16)9(7)10(14)11(8)15-4-6-1-2-6;1-4-6(10)2-5-3-13-9(12)7(5)8(4)11;5-3-4-1-2-4/h6,9,22H,4-5,7-8H2,1-3H3;3,6,15-16H,1-2,4-5H2;2,12H,3H2,1H3;4H,1-3H2. The molecule has 3 aromatic carbocycles. The molecule has 9 rings (SSSR count). The Bertz CT molecular complexity index is 2040. The van der Waals surface area contributed by atoms with Crippen molar-refractivity contribution in [3.05, 3.63) is 70.6 Å². The molecule has 0 radical (unpaired) electrons. The summed E-state index contributed by atoms with van der Waals surface area (Å²) in [5.41, 5.74) is 5.49. The maximum Gasteiger partial charge on any atom is 0.493 e. The van der Waals surface area contributed by atoms with E-state index in [-0.39, 0.29) is 11.6 Å².